The van der Waals surface area contributed by atoms with Gasteiger partial charge in [-0.3, -0.25) is 4.99 Å². The second-order valence-corrected chi connectivity index (χ2v) is 7.49. The molecule has 0 aliphatic carbocycles. The van der Waals surface area contributed by atoms with Crippen LogP contribution in [-0.4, -0.2) is 44.3 Å². The Labute approximate surface area is 189 Å². The third-order valence-corrected chi connectivity index (χ3v) is 5.14. The van der Waals surface area contributed by atoms with Crippen LogP contribution in [0.15, 0.2) is 29.3 Å². The van der Waals surface area contributed by atoms with Crippen molar-refractivity contribution < 1.29 is 9.47 Å². The smallest absolute Gasteiger partial charge is 0.191 e. The summed E-state index contributed by atoms with van der Waals surface area (Å²) in [4.78, 5) is 10.3. The van der Waals surface area contributed by atoms with Gasteiger partial charge in [-0.2, -0.15) is 0 Å². The van der Waals surface area contributed by atoms with Crippen LogP contribution in [0.2, 0.25) is 0 Å². The van der Waals surface area contributed by atoms with Crippen molar-refractivity contribution in [2.45, 2.75) is 39.7 Å². The molecule has 156 valence electrons. The van der Waals surface area contributed by atoms with E-state index in [0.29, 0.717) is 6.54 Å². The maximum atomic E-state index is 5.92. The van der Waals surface area contributed by atoms with Crippen molar-refractivity contribution in [2.24, 2.45) is 4.99 Å². The van der Waals surface area contributed by atoms with Gasteiger partial charge in [0, 0.05) is 31.0 Å². The molecule has 1 heterocycles. The Morgan fingerprint density at radius 3 is 2.68 bits per heavy atom. The van der Waals surface area contributed by atoms with Crippen molar-refractivity contribution >= 4 is 41.3 Å². The van der Waals surface area contributed by atoms with Crippen LogP contribution in [-0.2, 0) is 12.8 Å². The predicted molar refractivity (Wildman–Crippen MR) is 128 cm³/mol. The number of nitrogens with one attached hydrogen (secondary N) is 2. The van der Waals surface area contributed by atoms with E-state index in [2.05, 4.69) is 34.5 Å². The van der Waals surface area contributed by atoms with E-state index < -0.39 is 0 Å². The van der Waals surface area contributed by atoms with Gasteiger partial charge in [0.1, 0.15) is 17.6 Å². The lowest BCUT2D eigenvalue weighted by atomic mass is 10.3. The van der Waals surface area contributed by atoms with Gasteiger partial charge in [0.25, 0.3) is 0 Å². The highest BCUT2D eigenvalue weighted by Crippen LogP contribution is 2.20. The molecule has 0 aliphatic heterocycles. The number of guanidine groups is 1. The molecule has 1 unspecified atom stereocenters. The average Bonchev–Trinajstić information content (AvgIpc) is 3.04. The van der Waals surface area contributed by atoms with Crippen LogP contribution in [0, 0.1) is 6.92 Å². The van der Waals surface area contributed by atoms with Gasteiger partial charge in [-0.05, 0) is 32.4 Å². The summed E-state index contributed by atoms with van der Waals surface area (Å²) in [6, 6.07) is 7.62. The molecule has 0 aliphatic rings. The summed E-state index contributed by atoms with van der Waals surface area (Å²) in [5, 5.41) is 7.80. The SMILES string of the molecule is CCc1nc(CCNC(=NC)NCC(C)Oc2cccc(OC)c2)sc1C.I. The summed E-state index contributed by atoms with van der Waals surface area (Å²) in [6.45, 7) is 7.74. The van der Waals surface area contributed by atoms with Crippen molar-refractivity contribution in [1.82, 2.24) is 15.6 Å². The molecule has 0 saturated heterocycles. The zero-order chi connectivity index (χ0) is 19.6. The Kier molecular flexibility index (Phi) is 11.2. The Bertz CT molecular complexity index is 752. The van der Waals surface area contributed by atoms with Crippen molar-refractivity contribution in [3.63, 3.8) is 0 Å². The fourth-order valence-corrected chi connectivity index (χ4v) is 3.64. The summed E-state index contributed by atoms with van der Waals surface area (Å²) in [7, 11) is 3.42. The molecule has 0 fully saturated rings. The number of aryl methyl sites for hydroxylation is 2. The molecule has 2 aromatic rings. The van der Waals surface area contributed by atoms with E-state index in [1.54, 1.807) is 25.5 Å². The standard InChI is InChI=1S/C20H30N4O2S.HI/c1-6-18-15(3)27-19(24-18)10-11-22-20(21-4)23-13-14(2)26-17-9-7-8-16(12-17)25-5;/h7-9,12,14H,6,10-11,13H2,1-5H3,(H2,21,22,23);1H. The first-order valence-corrected chi connectivity index (χ1v) is 10.1. The largest absolute Gasteiger partial charge is 0.497 e. The topological polar surface area (TPSA) is 67.8 Å². The highest BCUT2D eigenvalue weighted by atomic mass is 127. The quantitative estimate of drug-likeness (QED) is 0.300. The zero-order valence-electron chi connectivity index (χ0n) is 17.2. The third-order valence-electron chi connectivity index (χ3n) is 4.06. The molecule has 1 aromatic heterocycles. The molecular formula is C20H31IN4O2S. The number of aliphatic imine (C=N–C) groups is 1. The third kappa shape index (κ3) is 7.83. The van der Waals surface area contributed by atoms with E-state index in [0.717, 1.165) is 36.8 Å². The van der Waals surface area contributed by atoms with Crippen LogP contribution in [0.5, 0.6) is 11.5 Å². The number of hydrogen-bond acceptors (Lipinski definition) is 5. The molecule has 1 aromatic carbocycles. The van der Waals surface area contributed by atoms with Crippen LogP contribution >= 0.6 is 35.3 Å². The van der Waals surface area contributed by atoms with Gasteiger partial charge in [0.15, 0.2) is 5.96 Å². The van der Waals surface area contributed by atoms with Crippen molar-refractivity contribution in [3.05, 3.63) is 39.8 Å². The number of nitrogens with zero attached hydrogens (tertiary/aromatic N) is 2. The molecule has 0 bridgehead atoms. The van der Waals surface area contributed by atoms with Crippen molar-refractivity contribution in [3.8, 4) is 11.5 Å². The lowest BCUT2D eigenvalue weighted by molar-refractivity contribution is 0.223. The Morgan fingerprint density at radius 2 is 2.04 bits per heavy atom. The van der Waals surface area contributed by atoms with Gasteiger partial charge in [0.2, 0.25) is 0 Å². The van der Waals surface area contributed by atoms with E-state index in [1.165, 1.54) is 15.6 Å². The van der Waals surface area contributed by atoms with Gasteiger partial charge in [-0.15, -0.1) is 35.3 Å². The van der Waals surface area contributed by atoms with Gasteiger partial charge in [-0.25, -0.2) is 4.98 Å². The molecule has 0 saturated carbocycles. The number of thiazole rings is 1. The van der Waals surface area contributed by atoms with Crippen molar-refractivity contribution in [2.75, 3.05) is 27.2 Å². The number of ether oxygens (including phenoxy) is 2. The summed E-state index contributed by atoms with van der Waals surface area (Å²) >= 11 is 1.78. The molecule has 0 spiro atoms. The normalized spacial score (nSPS) is 12.1. The number of halogens is 1. The number of methoxy groups -OCH3 is 1. The first kappa shape index (κ1) is 24.5. The van der Waals surface area contributed by atoms with Crippen molar-refractivity contribution in [1.29, 1.82) is 0 Å². The van der Waals surface area contributed by atoms with Crippen LogP contribution in [0.3, 0.4) is 0 Å². The Balaban J connectivity index is 0.00000392. The van der Waals surface area contributed by atoms with Gasteiger partial charge in [-0.1, -0.05) is 13.0 Å². The van der Waals surface area contributed by atoms with E-state index in [4.69, 9.17) is 9.47 Å². The first-order chi connectivity index (χ1) is 13.0. The Hall–Kier alpha value is -1.55. The number of hydrogen-bond donors (Lipinski definition) is 2. The maximum absolute atomic E-state index is 5.92. The number of rotatable bonds is 9. The highest BCUT2D eigenvalue weighted by molar-refractivity contribution is 14.0. The summed E-state index contributed by atoms with van der Waals surface area (Å²) in [5.41, 5.74) is 1.21. The minimum absolute atomic E-state index is 0. The molecule has 2 N–H and O–H groups in total. The highest BCUT2D eigenvalue weighted by Gasteiger charge is 2.08. The fourth-order valence-electron chi connectivity index (χ4n) is 2.62. The molecule has 2 rings (SSSR count). The van der Waals surface area contributed by atoms with Crippen LogP contribution < -0.4 is 20.1 Å². The van der Waals surface area contributed by atoms with Crippen LogP contribution in [0.25, 0.3) is 0 Å². The predicted octanol–water partition coefficient (Wildman–Crippen LogP) is 3.82. The fraction of sp³-hybridized carbons (Fsp3) is 0.500. The molecular weight excluding hydrogens is 487 g/mol. The van der Waals surface area contributed by atoms with Gasteiger partial charge in [0.05, 0.1) is 24.4 Å². The summed E-state index contributed by atoms with van der Waals surface area (Å²) in [5.74, 6) is 2.34. The molecule has 6 nitrogen and oxygen atoms in total. The first-order valence-electron chi connectivity index (χ1n) is 9.26. The van der Waals surface area contributed by atoms with E-state index in [1.807, 2.05) is 31.2 Å². The monoisotopic (exact) mass is 518 g/mol. The van der Waals surface area contributed by atoms with E-state index in [9.17, 15) is 0 Å². The lowest BCUT2D eigenvalue weighted by Gasteiger charge is -2.18. The van der Waals surface area contributed by atoms with Gasteiger partial charge < -0.3 is 20.1 Å². The molecule has 0 amide bonds. The minimum atomic E-state index is -0.00983. The average molecular weight is 518 g/mol. The maximum Gasteiger partial charge on any atom is 0.191 e. The second kappa shape index (κ2) is 12.8. The minimum Gasteiger partial charge on any atom is -0.497 e. The van der Waals surface area contributed by atoms with E-state index >= 15 is 0 Å². The summed E-state index contributed by atoms with van der Waals surface area (Å²) < 4.78 is 11.1. The van der Waals surface area contributed by atoms with E-state index in [-0.39, 0.29) is 30.1 Å². The molecule has 0 radical (unpaired) electrons. The Morgan fingerprint density at radius 1 is 1.29 bits per heavy atom. The lowest BCUT2D eigenvalue weighted by Crippen LogP contribution is -2.42. The second-order valence-electron chi connectivity index (χ2n) is 6.20. The number of aromatic nitrogens is 1. The summed E-state index contributed by atoms with van der Waals surface area (Å²) in [6.07, 6.45) is 1.87. The molecule has 8 heteroatoms. The number of benzene rings is 1. The van der Waals surface area contributed by atoms with Crippen LogP contribution in [0.4, 0.5) is 0 Å². The molecule has 1 atom stereocenters. The van der Waals surface area contributed by atoms with Gasteiger partial charge >= 0.3 is 0 Å². The molecule has 28 heavy (non-hydrogen) atoms. The zero-order valence-corrected chi connectivity index (χ0v) is 20.4. The van der Waals surface area contributed by atoms with Crippen LogP contribution in [0.1, 0.15) is 29.4 Å².